The van der Waals surface area contributed by atoms with Crippen LogP contribution in [-0.4, -0.2) is 86.4 Å². The number of carbonyl (C=O) groups is 2. The molecule has 6 aliphatic rings. The second-order valence-corrected chi connectivity index (χ2v) is 26.4. The van der Waals surface area contributed by atoms with Gasteiger partial charge < -0.3 is 30.8 Å². The van der Waals surface area contributed by atoms with E-state index in [0.29, 0.717) is 30.5 Å². The number of aromatic nitrogens is 4. The van der Waals surface area contributed by atoms with Gasteiger partial charge in [-0.3, -0.25) is 19.6 Å². The highest BCUT2D eigenvalue weighted by Crippen LogP contribution is 2.44. The molecule has 0 spiro atoms. The van der Waals surface area contributed by atoms with Gasteiger partial charge in [-0.15, -0.1) is 0 Å². The van der Waals surface area contributed by atoms with Gasteiger partial charge in [-0.25, -0.2) is 0 Å². The summed E-state index contributed by atoms with van der Waals surface area (Å²) in [5, 5.41) is 6.13. The van der Waals surface area contributed by atoms with Crippen LogP contribution in [0.3, 0.4) is 0 Å². The van der Waals surface area contributed by atoms with Gasteiger partial charge in [0.1, 0.15) is 0 Å². The summed E-state index contributed by atoms with van der Waals surface area (Å²) in [6.45, 7) is 29.4. The first-order chi connectivity index (χ1) is 40.3. The molecule has 8 aromatic rings. The van der Waals surface area contributed by atoms with E-state index in [4.69, 9.17) is 5.73 Å². The van der Waals surface area contributed by atoms with Gasteiger partial charge in [0.15, 0.2) is 0 Å². The molecule has 10 heteroatoms. The van der Waals surface area contributed by atoms with E-state index in [1.54, 1.807) is 18.5 Å². The third-order valence-electron chi connectivity index (χ3n) is 19.2. The largest absolute Gasteiger partial charge is 0.354 e. The van der Waals surface area contributed by atoms with Crippen LogP contribution in [0.25, 0.3) is 50.4 Å². The SMILES string of the molecule is C=Cc1ccncc1.Cc1cc(C)cc(-c2[nH]c3ccc(C(C)(C)C(=O)N4CC5CCC4CC5)cc3c2[C@H](C)CN)c1.Cc1cc(C)cc(-c2[nH]c3ccc(C(C)(C)C(=O)N4CC5CCC4CC5)cc3c2[C@H](C)CNCCc2ccncc2)c1. The zero-order valence-electron chi connectivity index (χ0n) is 51.9. The topological polar surface area (TPSA) is 136 Å². The minimum Gasteiger partial charge on any atom is -0.354 e. The average molecular weight is 1130 g/mol. The smallest absolute Gasteiger partial charge is 0.232 e. The van der Waals surface area contributed by atoms with Gasteiger partial charge in [-0.1, -0.05) is 73.0 Å². The van der Waals surface area contributed by atoms with E-state index < -0.39 is 10.8 Å². The van der Waals surface area contributed by atoms with Crippen molar-refractivity contribution in [2.75, 3.05) is 32.7 Å². The first-order valence-electron chi connectivity index (χ1n) is 31.3. The molecule has 14 rings (SSSR count). The lowest BCUT2D eigenvalue weighted by molar-refractivity contribution is -0.144. The maximum absolute atomic E-state index is 14.1. The van der Waals surface area contributed by atoms with E-state index in [9.17, 15) is 9.59 Å². The second-order valence-electron chi connectivity index (χ2n) is 26.4. The van der Waals surface area contributed by atoms with Gasteiger partial charge in [0.25, 0.3) is 0 Å². The number of piperidine rings is 4. The number of H-pyrrole nitrogens is 2. The summed E-state index contributed by atoms with van der Waals surface area (Å²) >= 11 is 0. The summed E-state index contributed by atoms with van der Waals surface area (Å²) in [4.78, 5) is 47.8. The lowest BCUT2D eigenvalue weighted by Crippen LogP contribution is -2.55. The van der Waals surface area contributed by atoms with Crippen molar-refractivity contribution < 1.29 is 9.59 Å². The summed E-state index contributed by atoms with van der Waals surface area (Å²) in [6, 6.07) is 35.5. The summed E-state index contributed by atoms with van der Waals surface area (Å²) in [6.07, 6.45) is 19.8. The Morgan fingerprint density at radius 3 is 1.40 bits per heavy atom. The molecule has 440 valence electrons. The fourth-order valence-electron chi connectivity index (χ4n) is 14.3. The highest BCUT2D eigenvalue weighted by Gasteiger charge is 2.44. The number of fused-ring (bicyclic) bond motifs is 8. The zero-order chi connectivity index (χ0) is 59.5. The van der Waals surface area contributed by atoms with Crippen molar-refractivity contribution in [1.29, 1.82) is 0 Å². The van der Waals surface area contributed by atoms with E-state index in [0.717, 1.165) is 66.0 Å². The Bertz CT molecular complexity index is 3550. The molecule has 4 saturated heterocycles. The molecule has 10 nitrogen and oxygen atoms in total. The molecule has 2 amide bonds. The Labute approximate surface area is 500 Å². The molecule has 0 radical (unpaired) electrons. The summed E-state index contributed by atoms with van der Waals surface area (Å²) in [5.74, 6) is 2.42. The van der Waals surface area contributed by atoms with Crippen LogP contribution in [0.15, 0.2) is 128 Å². The molecule has 4 aliphatic heterocycles. The summed E-state index contributed by atoms with van der Waals surface area (Å²) < 4.78 is 0. The standard InChI is InChI=1S/C37H46N4O.C30H39N3O.C7H7N/c1-24-18-25(2)20-29(19-24)35-34(26(3)22-39-17-14-27-12-15-38-16-13-27)32-21-30(8-11-33(32)40-35)37(4,5)36(42)41-23-28-6-9-31(41)10-7-28;1-18-12-19(2)14-22(13-18)28-27(20(3)16-31)25-15-23(8-11-26(25)32-28)30(4,5)29(34)33-17-21-6-9-24(33)10-7-21;1-2-7-3-5-8-6-4-7/h8,11-13,15-16,18-21,26,28,31,39-40H,6-7,9-10,14,17,22-23H2,1-5H3;8,11-15,20-21,24,32H,6-7,9-10,16-17,31H2,1-5H3;2-6H,1H2/t26-,28?,31?;20-,21?,24?;/m11./s1. The first kappa shape index (κ1) is 60.0. The molecule has 4 bridgehead atoms. The summed E-state index contributed by atoms with van der Waals surface area (Å²) in [7, 11) is 0. The minimum absolute atomic E-state index is 0.205. The van der Waals surface area contributed by atoms with Gasteiger partial charge in [0, 0.05) is 78.3 Å². The van der Waals surface area contributed by atoms with Crippen molar-refractivity contribution in [3.63, 3.8) is 0 Å². The number of rotatable bonds is 15. The molecule has 2 aliphatic carbocycles. The molecule has 4 aromatic carbocycles. The van der Waals surface area contributed by atoms with Gasteiger partial charge in [0.2, 0.25) is 11.8 Å². The summed E-state index contributed by atoms with van der Waals surface area (Å²) in [5.41, 5.74) is 24.3. The molecule has 6 fully saturated rings. The molecule has 8 heterocycles. The lowest BCUT2D eigenvalue weighted by atomic mass is 9.76. The Morgan fingerprint density at radius 2 is 1.02 bits per heavy atom. The Balaban J connectivity index is 0.000000168. The number of carbonyl (C=O) groups excluding carboxylic acids is 2. The van der Waals surface area contributed by atoms with E-state index >= 15 is 0 Å². The van der Waals surface area contributed by atoms with E-state index in [2.05, 4.69) is 196 Å². The van der Waals surface area contributed by atoms with Crippen molar-refractivity contribution in [3.05, 3.63) is 184 Å². The van der Waals surface area contributed by atoms with Gasteiger partial charge in [-0.05, 0) is 267 Å². The molecular formula is C74H92N8O2. The first-order valence-corrected chi connectivity index (χ1v) is 31.3. The van der Waals surface area contributed by atoms with Crippen molar-refractivity contribution in [1.82, 2.24) is 35.1 Å². The number of nitrogens with one attached hydrogen (secondary N) is 3. The van der Waals surface area contributed by atoms with Crippen molar-refractivity contribution in [2.45, 2.75) is 162 Å². The number of hydrogen-bond donors (Lipinski definition) is 4. The second kappa shape index (κ2) is 25.6. The van der Waals surface area contributed by atoms with Crippen LogP contribution in [0, 0.1) is 39.5 Å². The number of amides is 2. The maximum Gasteiger partial charge on any atom is 0.232 e. The fraction of sp³-hybridized carbons (Fsp3) is 0.432. The van der Waals surface area contributed by atoms with Gasteiger partial charge >= 0.3 is 0 Å². The fourth-order valence-corrected chi connectivity index (χ4v) is 14.3. The molecule has 2 saturated carbocycles. The molecular weight excluding hydrogens is 1030 g/mol. The number of nitrogens with two attached hydrogens (primary N) is 1. The number of nitrogens with zero attached hydrogens (tertiary/aromatic N) is 4. The zero-order valence-corrected chi connectivity index (χ0v) is 51.9. The maximum atomic E-state index is 14.1. The minimum atomic E-state index is -0.577. The molecule has 5 N–H and O–H groups in total. The van der Waals surface area contributed by atoms with E-state index in [1.165, 1.54) is 118 Å². The number of hydrogen-bond acceptors (Lipinski definition) is 6. The number of benzene rings is 4. The molecule has 4 aromatic heterocycles. The van der Waals surface area contributed by atoms with Crippen molar-refractivity contribution >= 4 is 39.7 Å². The number of aromatic amines is 2. The van der Waals surface area contributed by atoms with E-state index in [1.807, 2.05) is 24.5 Å². The monoisotopic (exact) mass is 1120 g/mol. The normalized spacial score (nSPS) is 19.1. The van der Waals surface area contributed by atoms with Crippen molar-refractivity contribution in [3.8, 4) is 22.5 Å². The van der Waals surface area contributed by atoms with Crippen LogP contribution in [0.5, 0.6) is 0 Å². The van der Waals surface area contributed by atoms with Gasteiger partial charge in [-0.2, -0.15) is 0 Å². The van der Waals surface area contributed by atoms with Gasteiger partial charge in [0.05, 0.1) is 22.2 Å². The Hall–Kier alpha value is -7.14. The third-order valence-corrected chi connectivity index (χ3v) is 19.2. The molecule has 2 atom stereocenters. The van der Waals surface area contributed by atoms with Crippen LogP contribution in [-0.2, 0) is 26.8 Å². The van der Waals surface area contributed by atoms with Crippen molar-refractivity contribution in [2.24, 2.45) is 17.6 Å². The third kappa shape index (κ3) is 12.9. The highest BCUT2D eigenvalue weighted by atomic mass is 16.2. The predicted octanol–water partition coefficient (Wildman–Crippen LogP) is 15.4. The van der Waals surface area contributed by atoms with E-state index in [-0.39, 0.29) is 23.7 Å². The number of pyridine rings is 2. The van der Waals surface area contributed by atoms with Crippen LogP contribution in [0.2, 0.25) is 0 Å². The molecule has 84 heavy (non-hydrogen) atoms. The highest BCUT2D eigenvalue weighted by molar-refractivity contribution is 5.96. The van der Waals surface area contributed by atoms with Crippen LogP contribution >= 0.6 is 0 Å². The molecule has 0 unspecified atom stereocenters. The average Bonchev–Trinajstić information content (AvgIpc) is 2.56. The van der Waals surface area contributed by atoms with Crippen LogP contribution in [0.1, 0.15) is 160 Å². The quantitative estimate of drug-likeness (QED) is 0.0755. The van der Waals surface area contributed by atoms with Crippen LogP contribution in [0.4, 0.5) is 0 Å². The Kier molecular flexibility index (Phi) is 18.3. The Morgan fingerprint density at radius 1 is 0.607 bits per heavy atom. The lowest BCUT2D eigenvalue weighted by Gasteiger charge is -2.47. The number of aryl methyl sites for hydroxylation is 4. The van der Waals surface area contributed by atoms with Crippen LogP contribution < -0.4 is 11.1 Å². The predicted molar refractivity (Wildman–Crippen MR) is 348 cm³/mol.